The summed E-state index contributed by atoms with van der Waals surface area (Å²) >= 11 is 0. The van der Waals surface area contributed by atoms with Crippen molar-refractivity contribution in [2.75, 3.05) is 13.2 Å². The van der Waals surface area contributed by atoms with Crippen molar-refractivity contribution in [2.45, 2.75) is 335 Å². The zero-order valence-electron chi connectivity index (χ0n) is 53.3. The topological polar surface area (TPSA) is 78.9 Å². The molecule has 1 unspecified atom stereocenters. The smallest absolute Gasteiger partial charge is 0.306 e. The van der Waals surface area contributed by atoms with Gasteiger partial charge in [-0.25, -0.2) is 0 Å². The fraction of sp³-hybridized carbons (Fsp3) is 0.720. The van der Waals surface area contributed by atoms with Crippen LogP contribution in [0.1, 0.15) is 329 Å². The Hall–Kier alpha value is -3.93. The van der Waals surface area contributed by atoms with Gasteiger partial charge >= 0.3 is 17.9 Å². The number of carbonyl (C=O) groups is 3. The zero-order chi connectivity index (χ0) is 58.5. The highest BCUT2D eigenvalue weighted by Crippen LogP contribution is 2.17. The molecule has 0 amide bonds. The van der Waals surface area contributed by atoms with Gasteiger partial charge in [-0.15, -0.1) is 0 Å². The molecule has 0 aliphatic carbocycles. The van der Waals surface area contributed by atoms with Crippen molar-refractivity contribution in [3.63, 3.8) is 0 Å². The molecule has 0 rings (SSSR count). The molecule has 0 aromatic carbocycles. The van der Waals surface area contributed by atoms with Crippen LogP contribution in [0, 0.1) is 0 Å². The number of esters is 3. The standard InChI is InChI=1S/C75H128O6/c1-4-7-10-13-16-19-22-25-28-29-30-31-32-33-34-35-36-37-38-39-40-41-42-43-44-45-48-50-53-56-59-62-65-68-74(77)80-71-72(81-75(78)69-66-63-60-57-54-51-47-27-24-21-18-15-12-9-6-3)70-79-73(76)67-64-61-58-55-52-49-46-26-23-20-17-14-11-8-5-2/h7,9-10,12,16,18-19,21,25-28,30-31,46-47,54,57,72H,4-6,8,11,13-15,17,20,22-24,29,32-45,48-53,55-56,58-71H2,1-3H3/b10-7-,12-9-,19-16-,21-18-,28-25-,31-30-,46-26-,47-27-,57-54-. The van der Waals surface area contributed by atoms with Gasteiger partial charge in [0.1, 0.15) is 13.2 Å². The summed E-state index contributed by atoms with van der Waals surface area (Å²) in [5.74, 6) is -0.933. The summed E-state index contributed by atoms with van der Waals surface area (Å²) in [6.45, 7) is 6.39. The van der Waals surface area contributed by atoms with Gasteiger partial charge in [0.2, 0.25) is 0 Å². The molecule has 0 radical (unpaired) electrons. The van der Waals surface area contributed by atoms with Gasteiger partial charge in [-0.1, -0.05) is 297 Å². The van der Waals surface area contributed by atoms with Crippen molar-refractivity contribution in [2.24, 2.45) is 0 Å². The van der Waals surface area contributed by atoms with Crippen LogP contribution in [-0.4, -0.2) is 37.2 Å². The van der Waals surface area contributed by atoms with Crippen LogP contribution in [0.4, 0.5) is 0 Å². The first-order valence-electron chi connectivity index (χ1n) is 34.4. The van der Waals surface area contributed by atoms with Crippen LogP contribution in [0.2, 0.25) is 0 Å². The van der Waals surface area contributed by atoms with Gasteiger partial charge in [0.25, 0.3) is 0 Å². The van der Waals surface area contributed by atoms with E-state index in [1.54, 1.807) is 0 Å². The molecular formula is C75H128O6. The van der Waals surface area contributed by atoms with Crippen LogP contribution in [0.3, 0.4) is 0 Å². The van der Waals surface area contributed by atoms with Gasteiger partial charge in [0.05, 0.1) is 0 Å². The highest BCUT2D eigenvalue weighted by Gasteiger charge is 2.19. The maximum Gasteiger partial charge on any atom is 0.306 e. The minimum Gasteiger partial charge on any atom is -0.462 e. The van der Waals surface area contributed by atoms with Crippen LogP contribution in [0.25, 0.3) is 0 Å². The lowest BCUT2D eigenvalue weighted by Crippen LogP contribution is -2.30. The number of hydrogen-bond donors (Lipinski definition) is 0. The first-order chi connectivity index (χ1) is 40.0. The number of carbonyl (C=O) groups excluding carboxylic acids is 3. The number of unbranched alkanes of at least 4 members (excludes halogenated alkanes) is 33. The van der Waals surface area contributed by atoms with Crippen molar-refractivity contribution in [3.8, 4) is 0 Å². The minimum atomic E-state index is -0.803. The molecule has 0 heterocycles. The molecule has 81 heavy (non-hydrogen) atoms. The lowest BCUT2D eigenvalue weighted by molar-refractivity contribution is -0.167. The van der Waals surface area contributed by atoms with Crippen molar-refractivity contribution in [3.05, 3.63) is 109 Å². The van der Waals surface area contributed by atoms with E-state index in [0.717, 1.165) is 109 Å². The minimum absolute atomic E-state index is 0.0947. The molecule has 6 nitrogen and oxygen atoms in total. The Morgan fingerprint density at radius 3 is 0.790 bits per heavy atom. The van der Waals surface area contributed by atoms with Gasteiger partial charge in [-0.2, -0.15) is 0 Å². The second kappa shape index (κ2) is 68.6. The molecule has 0 spiro atoms. The normalized spacial score (nSPS) is 12.8. The number of rotatable bonds is 62. The van der Waals surface area contributed by atoms with E-state index < -0.39 is 6.10 Å². The van der Waals surface area contributed by atoms with Gasteiger partial charge in [0, 0.05) is 19.3 Å². The van der Waals surface area contributed by atoms with Crippen molar-refractivity contribution in [1.29, 1.82) is 0 Å². The van der Waals surface area contributed by atoms with Crippen molar-refractivity contribution >= 4 is 17.9 Å². The molecule has 0 bridgehead atoms. The number of hydrogen-bond acceptors (Lipinski definition) is 6. The van der Waals surface area contributed by atoms with Crippen LogP contribution in [0.15, 0.2) is 109 Å². The quantitative estimate of drug-likeness (QED) is 0.0261. The molecule has 0 aliphatic heterocycles. The Morgan fingerprint density at radius 1 is 0.259 bits per heavy atom. The summed E-state index contributed by atoms with van der Waals surface area (Å²) in [5, 5.41) is 0. The highest BCUT2D eigenvalue weighted by molar-refractivity contribution is 5.71. The van der Waals surface area contributed by atoms with Crippen LogP contribution < -0.4 is 0 Å². The molecule has 1 atom stereocenters. The molecule has 6 heteroatoms. The highest BCUT2D eigenvalue weighted by atomic mass is 16.6. The fourth-order valence-electron chi connectivity index (χ4n) is 9.66. The summed E-state index contributed by atoms with van der Waals surface area (Å²) < 4.78 is 16.9. The van der Waals surface area contributed by atoms with Gasteiger partial charge in [-0.3, -0.25) is 14.4 Å². The lowest BCUT2D eigenvalue weighted by atomic mass is 10.0. The summed E-state index contributed by atoms with van der Waals surface area (Å²) in [6, 6.07) is 0. The monoisotopic (exact) mass is 1120 g/mol. The van der Waals surface area contributed by atoms with Crippen LogP contribution in [-0.2, 0) is 28.6 Å². The fourth-order valence-corrected chi connectivity index (χ4v) is 9.66. The second-order valence-electron chi connectivity index (χ2n) is 22.7. The van der Waals surface area contributed by atoms with Crippen molar-refractivity contribution in [1.82, 2.24) is 0 Å². The molecule has 0 saturated heterocycles. The third-order valence-electron chi connectivity index (χ3n) is 14.7. The Balaban J connectivity index is 4.19. The van der Waals surface area contributed by atoms with Crippen molar-refractivity contribution < 1.29 is 28.6 Å². The first kappa shape index (κ1) is 77.1. The molecule has 0 saturated carbocycles. The molecule has 0 N–H and O–H groups in total. The van der Waals surface area contributed by atoms with Crippen LogP contribution >= 0.6 is 0 Å². The summed E-state index contributed by atoms with van der Waals surface area (Å²) in [7, 11) is 0. The van der Waals surface area contributed by atoms with Gasteiger partial charge < -0.3 is 14.2 Å². The molecular weight excluding hydrogens is 997 g/mol. The van der Waals surface area contributed by atoms with E-state index in [0.29, 0.717) is 19.3 Å². The average Bonchev–Trinajstić information content (AvgIpc) is 3.47. The second-order valence-corrected chi connectivity index (χ2v) is 22.7. The number of ether oxygens (including phenoxy) is 3. The van der Waals surface area contributed by atoms with E-state index in [2.05, 4.69) is 130 Å². The molecule has 464 valence electrons. The van der Waals surface area contributed by atoms with E-state index in [9.17, 15) is 14.4 Å². The number of allylic oxidation sites excluding steroid dienone is 18. The Morgan fingerprint density at radius 2 is 0.481 bits per heavy atom. The maximum atomic E-state index is 12.9. The molecule has 0 fully saturated rings. The average molecular weight is 1130 g/mol. The summed E-state index contributed by atoms with van der Waals surface area (Å²) in [6.07, 6.45) is 94.2. The summed E-state index contributed by atoms with van der Waals surface area (Å²) in [4.78, 5) is 38.3. The largest absolute Gasteiger partial charge is 0.462 e. The van der Waals surface area contributed by atoms with E-state index in [1.165, 1.54) is 173 Å². The predicted molar refractivity (Wildman–Crippen MR) is 353 cm³/mol. The SMILES string of the molecule is CC/C=C\C/C=C\C/C=C\C/C=C\CCCCCCCCCCCCCCCCCCCCCCC(=O)OCC(COC(=O)CCCCCCC/C=C\CCCCCCCC)OC(=O)CCCC/C=C\C/C=C\C/C=C\C/C=C\CC. The molecule has 0 aromatic rings. The third-order valence-corrected chi connectivity index (χ3v) is 14.7. The lowest BCUT2D eigenvalue weighted by Gasteiger charge is -2.18. The van der Waals surface area contributed by atoms with Gasteiger partial charge in [0.15, 0.2) is 6.10 Å². The Kier molecular flexibility index (Phi) is 65.2. The van der Waals surface area contributed by atoms with Crippen LogP contribution in [0.5, 0.6) is 0 Å². The van der Waals surface area contributed by atoms with Gasteiger partial charge in [-0.05, 0) is 122 Å². The van der Waals surface area contributed by atoms with E-state index >= 15 is 0 Å². The zero-order valence-corrected chi connectivity index (χ0v) is 53.3. The summed E-state index contributed by atoms with van der Waals surface area (Å²) in [5.41, 5.74) is 0. The molecule has 0 aromatic heterocycles. The predicted octanol–water partition coefficient (Wildman–Crippen LogP) is 23.8. The van der Waals surface area contributed by atoms with E-state index in [1.807, 2.05) is 0 Å². The third kappa shape index (κ3) is 66.8. The van der Waals surface area contributed by atoms with E-state index in [-0.39, 0.29) is 37.5 Å². The first-order valence-corrected chi connectivity index (χ1v) is 34.4. The Bertz CT molecular complexity index is 1620. The van der Waals surface area contributed by atoms with E-state index in [4.69, 9.17) is 14.2 Å². The molecule has 0 aliphatic rings. The Labute approximate surface area is 501 Å². The maximum absolute atomic E-state index is 12.9.